The molecule has 0 radical (unpaired) electrons. The molecule has 2 aromatic carbocycles. The zero-order valence-corrected chi connectivity index (χ0v) is 28.5. The molecule has 2 saturated carbocycles. The fourth-order valence-electron chi connectivity index (χ4n) is 6.69. The van der Waals surface area contributed by atoms with Gasteiger partial charge in [0.1, 0.15) is 12.4 Å². The van der Waals surface area contributed by atoms with Gasteiger partial charge in [-0.1, -0.05) is 51.0 Å². The molecular weight excluding hydrogens is 629 g/mol. The number of fused-ring (bicyclic) bond motifs is 4. The number of rotatable bonds is 7. The molecule has 2 aromatic heterocycles. The van der Waals surface area contributed by atoms with Crippen molar-refractivity contribution < 1.29 is 22.7 Å². The minimum atomic E-state index is -4.16. The zero-order valence-electron chi connectivity index (χ0n) is 27.6. The summed E-state index contributed by atoms with van der Waals surface area (Å²) in [6, 6.07) is 13.3. The van der Waals surface area contributed by atoms with Crippen molar-refractivity contribution in [2.75, 3.05) is 11.3 Å². The van der Waals surface area contributed by atoms with Gasteiger partial charge in [0.15, 0.2) is 5.75 Å². The van der Waals surface area contributed by atoms with Crippen LogP contribution in [0.15, 0.2) is 65.8 Å². The van der Waals surface area contributed by atoms with Gasteiger partial charge >= 0.3 is 0 Å². The third-order valence-corrected chi connectivity index (χ3v) is 10.7. The Morgan fingerprint density at radius 3 is 2.40 bits per heavy atom. The van der Waals surface area contributed by atoms with Crippen LogP contribution in [0.1, 0.15) is 73.3 Å². The van der Waals surface area contributed by atoms with Crippen molar-refractivity contribution in [1.82, 2.24) is 24.8 Å². The summed E-state index contributed by atoms with van der Waals surface area (Å²) in [5.41, 5.74) is 3.88. The summed E-state index contributed by atoms with van der Waals surface area (Å²) in [4.78, 5) is 34.1. The Bertz CT molecular complexity index is 1930. The lowest BCUT2D eigenvalue weighted by molar-refractivity contribution is 0.0100. The molecule has 11 nitrogen and oxygen atoms in total. The van der Waals surface area contributed by atoms with Crippen LogP contribution in [0.4, 0.5) is 5.95 Å². The second-order valence-electron chi connectivity index (χ2n) is 14.0. The Morgan fingerprint density at radius 1 is 1.00 bits per heavy atom. The highest BCUT2D eigenvalue weighted by molar-refractivity contribution is 7.92. The van der Waals surface area contributed by atoms with E-state index in [-0.39, 0.29) is 58.9 Å². The van der Waals surface area contributed by atoms with Crippen molar-refractivity contribution in [1.29, 1.82) is 0 Å². The van der Waals surface area contributed by atoms with Crippen LogP contribution in [0.5, 0.6) is 11.6 Å². The Labute approximate surface area is 281 Å². The number of anilines is 1. The van der Waals surface area contributed by atoms with Crippen LogP contribution in [0.2, 0.25) is 0 Å². The molecule has 0 unspecified atom stereocenters. The molecule has 1 amide bonds. The maximum Gasteiger partial charge on any atom is 0.264 e. The Kier molecular flexibility index (Phi) is 8.31. The number of benzene rings is 2. The second-order valence-corrected chi connectivity index (χ2v) is 15.7. The largest absolute Gasteiger partial charge is 0.487 e. The molecule has 0 spiro atoms. The first-order valence-corrected chi connectivity index (χ1v) is 17.9. The lowest BCUT2D eigenvalue weighted by Crippen LogP contribution is -2.44. The van der Waals surface area contributed by atoms with E-state index in [4.69, 9.17) is 9.47 Å². The predicted molar refractivity (Wildman–Crippen MR) is 180 cm³/mol. The highest BCUT2D eigenvalue weighted by atomic mass is 32.2. The van der Waals surface area contributed by atoms with E-state index in [1.165, 1.54) is 12.1 Å². The Morgan fingerprint density at radius 2 is 1.71 bits per heavy atom. The molecular formula is C36H40N6O5S. The van der Waals surface area contributed by atoms with Crippen molar-refractivity contribution >= 4 is 21.9 Å². The molecule has 4 aromatic rings. The van der Waals surface area contributed by atoms with Crippen LogP contribution in [-0.4, -0.2) is 57.9 Å². The summed E-state index contributed by atoms with van der Waals surface area (Å²) in [6.45, 7) is 8.64. The molecule has 3 heterocycles. The van der Waals surface area contributed by atoms with Gasteiger partial charge in [-0.05, 0) is 73.8 Å². The summed E-state index contributed by atoms with van der Waals surface area (Å²) in [5, 5.41) is 0. The average Bonchev–Trinajstić information content (AvgIpc) is 3.85. The normalized spacial score (nSPS) is 20.3. The van der Waals surface area contributed by atoms with Crippen LogP contribution in [-0.2, 0) is 16.6 Å². The van der Waals surface area contributed by atoms with Gasteiger partial charge in [0, 0.05) is 17.2 Å². The summed E-state index contributed by atoms with van der Waals surface area (Å²) < 4.78 is 42.2. The number of carbonyl (C=O) groups excluding carboxylic acids is 1. The Hall–Kier alpha value is -4.58. The average molecular weight is 669 g/mol. The number of amides is 1. The number of ether oxygens (including phenoxy) is 2. The zero-order chi connectivity index (χ0) is 33.6. The predicted octanol–water partition coefficient (Wildman–Crippen LogP) is 6.12. The van der Waals surface area contributed by atoms with Crippen LogP contribution in [0.3, 0.4) is 0 Å². The van der Waals surface area contributed by atoms with Gasteiger partial charge in [-0.25, -0.2) is 28.1 Å². The summed E-state index contributed by atoms with van der Waals surface area (Å²) >= 11 is 0. The molecule has 2 fully saturated rings. The highest BCUT2D eigenvalue weighted by Gasteiger charge is 2.38. The summed E-state index contributed by atoms with van der Waals surface area (Å²) in [7, 11) is -4.16. The molecule has 2 aliphatic carbocycles. The van der Waals surface area contributed by atoms with Crippen molar-refractivity contribution in [3.8, 4) is 22.9 Å². The molecule has 4 bridgehead atoms. The number of carbonyl (C=O) groups is 1. The minimum absolute atomic E-state index is 0.0771. The van der Waals surface area contributed by atoms with Gasteiger partial charge in [0.25, 0.3) is 15.9 Å². The SMILES string of the molecule is Cc1cccc(C)c1-c1cc2nc(n1)NS(=O)(=O)c1cccc(c1)C(=O)N(Cc1ncc(OC3CC(C)(C)C3)cn1)[C@H](CC1CC1)CO2. The number of sulfonamides is 1. The van der Waals surface area contributed by atoms with Crippen molar-refractivity contribution in [2.24, 2.45) is 11.3 Å². The molecule has 0 saturated heterocycles. The smallest absolute Gasteiger partial charge is 0.264 e. The molecule has 250 valence electrons. The van der Waals surface area contributed by atoms with E-state index >= 15 is 0 Å². The van der Waals surface area contributed by atoms with Crippen LogP contribution in [0.25, 0.3) is 11.3 Å². The molecule has 7 rings (SSSR count). The monoisotopic (exact) mass is 668 g/mol. The fraction of sp³-hybridized carbons (Fsp3) is 0.417. The van der Waals surface area contributed by atoms with Crippen LogP contribution in [0, 0.1) is 25.2 Å². The number of hydrogen-bond donors (Lipinski definition) is 1. The first-order chi connectivity index (χ1) is 22.9. The van der Waals surface area contributed by atoms with E-state index < -0.39 is 10.0 Å². The molecule has 1 aliphatic heterocycles. The van der Waals surface area contributed by atoms with Gasteiger partial charge in [-0.15, -0.1) is 0 Å². The van der Waals surface area contributed by atoms with Gasteiger partial charge in [-0.2, -0.15) is 4.98 Å². The summed E-state index contributed by atoms with van der Waals surface area (Å²) in [5.74, 6) is 1.25. The molecule has 1 N–H and O–H groups in total. The number of nitrogens with zero attached hydrogens (tertiary/aromatic N) is 5. The van der Waals surface area contributed by atoms with E-state index in [2.05, 4.69) is 38.5 Å². The quantitative estimate of drug-likeness (QED) is 0.247. The number of aromatic nitrogens is 4. The van der Waals surface area contributed by atoms with E-state index in [0.717, 1.165) is 42.4 Å². The lowest BCUT2D eigenvalue weighted by Gasteiger charge is -2.42. The third kappa shape index (κ3) is 6.99. The van der Waals surface area contributed by atoms with Gasteiger partial charge in [0.2, 0.25) is 11.8 Å². The van der Waals surface area contributed by atoms with Crippen molar-refractivity contribution in [3.63, 3.8) is 0 Å². The van der Waals surface area contributed by atoms with Gasteiger partial charge < -0.3 is 14.4 Å². The minimum Gasteiger partial charge on any atom is -0.487 e. The second kappa shape index (κ2) is 12.5. The molecule has 48 heavy (non-hydrogen) atoms. The van der Waals surface area contributed by atoms with E-state index in [1.54, 1.807) is 35.5 Å². The van der Waals surface area contributed by atoms with E-state index in [1.807, 2.05) is 32.0 Å². The number of nitrogens with one attached hydrogen (secondary N) is 1. The maximum atomic E-state index is 14.3. The van der Waals surface area contributed by atoms with Crippen LogP contribution >= 0.6 is 0 Å². The highest BCUT2D eigenvalue weighted by Crippen LogP contribution is 2.42. The fourth-order valence-corrected chi connectivity index (χ4v) is 7.68. The number of aryl methyl sites for hydroxylation is 2. The van der Waals surface area contributed by atoms with Crippen molar-refractivity contribution in [3.05, 3.63) is 83.4 Å². The standard InChI is InChI=1S/C36H40N6O5S/c1-22-7-5-8-23(2)33(22)30-15-32-40-35(39-30)41-48(44,45)29-10-6-9-25(14-29)34(43)42(26(21-46-32)13-24-11-12-24)20-31-37-18-28(19-38-31)47-27-16-36(3,4)17-27/h5-10,14-15,18-19,24,26-27H,11-13,16-17,20-21H2,1-4H3,(H,39,40,41)/t26-/m1/s1. The number of hydrogen-bond acceptors (Lipinski definition) is 9. The van der Waals surface area contributed by atoms with Crippen LogP contribution < -0.4 is 14.2 Å². The first kappa shape index (κ1) is 32.0. The first-order valence-electron chi connectivity index (χ1n) is 16.4. The van der Waals surface area contributed by atoms with E-state index in [0.29, 0.717) is 29.6 Å². The Balaban J connectivity index is 1.25. The van der Waals surface area contributed by atoms with Gasteiger partial charge in [0.05, 0.1) is 41.7 Å². The van der Waals surface area contributed by atoms with Gasteiger partial charge in [-0.3, -0.25) is 4.79 Å². The molecule has 3 aliphatic rings. The van der Waals surface area contributed by atoms with Crippen molar-refractivity contribution in [2.45, 2.75) is 83.4 Å². The maximum absolute atomic E-state index is 14.3. The third-order valence-electron chi connectivity index (χ3n) is 9.34. The topological polar surface area (TPSA) is 136 Å². The lowest BCUT2D eigenvalue weighted by atomic mass is 9.70. The summed E-state index contributed by atoms with van der Waals surface area (Å²) in [6.07, 6.45) is 8.27. The molecule has 12 heteroatoms. The van der Waals surface area contributed by atoms with E-state index in [9.17, 15) is 13.2 Å². The molecule has 1 atom stereocenters.